The number of piperidine rings is 1. The Balaban J connectivity index is 1.96. The number of likely N-dealkylation sites (tertiary alicyclic amines) is 1. The summed E-state index contributed by atoms with van der Waals surface area (Å²) in [5, 5.41) is 3.21. The summed E-state index contributed by atoms with van der Waals surface area (Å²) >= 11 is 0. The number of carbonyl (C=O) groups is 1. The van der Waals surface area contributed by atoms with E-state index in [-0.39, 0.29) is 5.91 Å². The van der Waals surface area contributed by atoms with Gasteiger partial charge in [0.15, 0.2) is 0 Å². The summed E-state index contributed by atoms with van der Waals surface area (Å²) in [6, 6.07) is 6.00. The highest BCUT2D eigenvalue weighted by molar-refractivity contribution is 5.96. The molecule has 3 heteroatoms. The Kier molecular flexibility index (Phi) is 5.18. The lowest BCUT2D eigenvalue weighted by Gasteiger charge is -2.32. The first kappa shape index (κ1) is 15.0. The minimum absolute atomic E-state index is 0.207. The maximum absolute atomic E-state index is 12.6. The van der Waals surface area contributed by atoms with Crippen LogP contribution in [0.4, 0.5) is 0 Å². The lowest BCUT2D eigenvalue weighted by molar-refractivity contribution is 0.0686. The Morgan fingerprint density at radius 1 is 1.30 bits per heavy atom. The van der Waals surface area contributed by atoms with Crippen molar-refractivity contribution in [3.63, 3.8) is 0 Å². The van der Waals surface area contributed by atoms with Crippen LogP contribution in [0.5, 0.6) is 0 Å². The summed E-state index contributed by atoms with van der Waals surface area (Å²) in [5.41, 5.74) is 3.19. The summed E-state index contributed by atoms with van der Waals surface area (Å²) in [6.07, 6.45) is 3.50. The van der Waals surface area contributed by atoms with Crippen molar-refractivity contribution < 1.29 is 4.79 Å². The summed E-state index contributed by atoms with van der Waals surface area (Å²) in [6.45, 7) is 7.00. The highest BCUT2D eigenvalue weighted by atomic mass is 16.2. The molecule has 2 rings (SSSR count). The van der Waals surface area contributed by atoms with Crippen molar-refractivity contribution >= 4 is 5.91 Å². The molecule has 0 spiro atoms. The van der Waals surface area contributed by atoms with E-state index in [4.69, 9.17) is 0 Å². The first-order chi connectivity index (χ1) is 9.63. The number of hydrogen-bond donors (Lipinski definition) is 1. The van der Waals surface area contributed by atoms with Gasteiger partial charge in [-0.25, -0.2) is 0 Å². The second kappa shape index (κ2) is 6.89. The molecular formula is C17H26N2O. The Bertz CT molecular complexity index is 462. The molecule has 1 saturated heterocycles. The lowest BCUT2D eigenvalue weighted by atomic mass is 9.92. The standard InChI is InChI=1S/C17H26N2O/c1-13-5-4-6-16(14(13)2)17(20)19-11-8-15(9-12-19)7-10-18-3/h4-6,15,18H,7-12H2,1-3H3. The van der Waals surface area contributed by atoms with E-state index in [0.29, 0.717) is 0 Å². The van der Waals surface area contributed by atoms with Gasteiger partial charge in [0, 0.05) is 18.7 Å². The van der Waals surface area contributed by atoms with Crippen LogP contribution >= 0.6 is 0 Å². The van der Waals surface area contributed by atoms with Crippen molar-refractivity contribution in [1.29, 1.82) is 0 Å². The Morgan fingerprint density at radius 2 is 2.00 bits per heavy atom. The molecule has 3 nitrogen and oxygen atoms in total. The van der Waals surface area contributed by atoms with Gasteiger partial charge in [0.25, 0.3) is 5.91 Å². The Hall–Kier alpha value is -1.35. The molecule has 0 aliphatic carbocycles. The van der Waals surface area contributed by atoms with Crippen LogP contribution in [0.15, 0.2) is 18.2 Å². The Labute approximate surface area is 122 Å². The van der Waals surface area contributed by atoms with Crippen LogP contribution < -0.4 is 5.32 Å². The number of rotatable bonds is 4. The monoisotopic (exact) mass is 274 g/mol. The maximum atomic E-state index is 12.6. The molecule has 0 atom stereocenters. The molecule has 0 radical (unpaired) electrons. The molecule has 0 saturated carbocycles. The second-order valence-electron chi connectivity index (χ2n) is 5.88. The van der Waals surface area contributed by atoms with Crippen molar-refractivity contribution in [3.8, 4) is 0 Å². The quantitative estimate of drug-likeness (QED) is 0.915. The number of nitrogens with one attached hydrogen (secondary N) is 1. The third-order valence-corrected chi connectivity index (χ3v) is 4.54. The molecule has 1 aromatic carbocycles. The first-order valence-electron chi connectivity index (χ1n) is 7.63. The Morgan fingerprint density at radius 3 is 2.65 bits per heavy atom. The van der Waals surface area contributed by atoms with Crippen molar-refractivity contribution in [1.82, 2.24) is 10.2 Å². The zero-order valence-electron chi connectivity index (χ0n) is 12.9. The number of carbonyl (C=O) groups excluding carboxylic acids is 1. The average Bonchev–Trinajstić information content (AvgIpc) is 2.48. The van der Waals surface area contributed by atoms with E-state index in [9.17, 15) is 4.79 Å². The van der Waals surface area contributed by atoms with Gasteiger partial charge >= 0.3 is 0 Å². The zero-order chi connectivity index (χ0) is 14.5. The predicted molar refractivity (Wildman–Crippen MR) is 83.1 cm³/mol. The molecule has 1 aliphatic rings. The van der Waals surface area contributed by atoms with Gasteiger partial charge in [-0.1, -0.05) is 12.1 Å². The normalized spacial score (nSPS) is 16.4. The minimum Gasteiger partial charge on any atom is -0.339 e. The molecule has 0 aromatic heterocycles. The highest BCUT2D eigenvalue weighted by Gasteiger charge is 2.24. The molecule has 1 N–H and O–H groups in total. The largest absolute Gasteiger partial charge is 0.339 e. The van der Waals surface area contributed by atoms with E-state index in [2.05, 4.69) is 18.3 Å². The zero-order valence-corrected chi connectivity index (χ0v) is 12.9. The second-order valence-corrected chi connectivity index (χ2v) is 5.88. The third kappa shape index (κ3) is 3.40. The number of benzene rings is 1. The number of amides is 1. The SMILES string of the molecule is CNCCC1CCN(C(=O)c2cccc(C)c2C)CC1. The number of hydrogen-bond acceptors (Lipinski definition) is 2. The van der Waals surface area contributed by atoms with E-state index in [1.54, 1.807) is 0 Å². The van der Waals surface area contributed by atoms with Crippen LogP contribution in [0, 0.1) is 19.8 Å². The smallest absolute Gasteiger partial charge is 0.254 e. The van der Waals surface area contributed by atoms with E-state index < -0.39 is 0 Å². The fourth-order valence-electron chi connectivity index (χ4n) is 2.93. The first-order valence-corrected chi connectivity index (χ1v) is 7.63. The van der Waals surface area contributed by atoms with Gasteiger partial charge in [-0.15, -0.1) is 0 Å². The van der Waals surface area contributed by atoms with E-state index >= 15 is 0 Å². The summed E-state index contributed by atoms with van der Waals surface area (Å²) < 4.78 is 0. The number of aryl methyl sites for hydroxylation is 1. The summed E-state index contributed by atoms with van der Waals surface area (Å²) in [5.74, 6) is 0.975. The fourth-order valence-corrected chi connectivity index (χ4v) is 2.93. The van der Waals surface area contributed by atoms with Crippen LogP contribution in [0.1, 0.15) is 40.7 Å². The predicted octanol–water partition coefficient (Wildman–Crippen LogP) is 2.77. The molecule has 1 aromatic rings. The van der Waals surface area contributed by atoms with Crippen LogP contribution in [0.25, 0.3) is 0 Å². The van der Waals surface area contributed by atoms with Gasteiger partial charge in [-0.2, -0.15) is 0 Å². The van der Waals surface area contributed by atoms with Crippen LogP contribution in [0.3, 0.4) is 0 Å². The van der Waals surface area contributed by atoms with Gasteiger partial charge in [-0.05, 0) is 69.8 Å². The van der Waals surface area contributed by atoms with Gasteiger partial charge in [0.2, 0.25) is 0 Å². The van der Waals surface area contributed by atoms with E-state index in [0.717, 1.165) is 49.5 Å². The summed E-state index contributed by atoms with van der Waals surface area (Å²) in [4.78, 5) is 14.6. The molecular weight excluding hydrogens is 248 g/mol. The summed E-state index contributed by atoms with van der Waals surface area (Å²) in [7, 11) is 2.00. The fraction of sp³-hybridized carbons (Fsp3) is 0.588. The molecule has 0 bridgehead atoms. The van der Waals surface area contributed by atoms with Crippen LogP contribution in [-0.2, 0) is 0 Å². The van der Waals surface area contributed by atoms with Crippen molar-refractivity contribution in [2.45, 2.75) is 33.1 Å². The van der Waals surface area contributed by atoms with Crippen LogP contribution in [-0.4, -0.2) is 37.5 Å². The molecule has 1 amide bonds. The minimum atomic E-state index is 0.207. The third-order valence-electron chi connectivity index (χ3n) is 4.54. The van der Waals surface area contributed by atoms with Gasteiger partial charge < -0.3 is 10.2 Å². The number of nitrogens with zero attached hydrogens (tertiary/aromatic N) is 1. The molecule has 1 fully saturated rings. The van der Waals surface area contributed by atoms with Crippen molar-refractivity contribution in [3.05, 3.63) is 34.9 Å². The highest BCUT2D eigenvalue weighted by Crippen LogP contribution is 2.23. The van der Waals surface area contributed by atoms with Crippen molar-refractivity contribution in [2.75, 3.05) is 26.7 Å². The van der Waals surface area contributed by atoms with E-state index in [1.807, 2.05) is 31.0 Å². The molecule has 20 heavy (non-hydrogen) atoms. The molecule has 110 valence electrons. The average molecular weight is 274 g/mol. The van der Waals surface area contributed by atoms with Gasteiger partial charge in [0.05, 0.1) is 0 Å². The van der Waals surface area contributed by atoms with Crippen LogP contribution in [0.2, 0.25) is 0 Å². The molecule has 1 heterocycles. The molecule has 0 unspecified atom stereocenters. The lowest BCUT2D eigenvalue weighted by Crippen LogP contribution is -2.39. The van der Waals surface area contributed by atoms with Gasteiger partial charge in [-0.3, -0.25) is 4.79 Å². The van der Waals surface area contributed by atoms with Crippen molar-refractivity contribution in [2.24, 2.45) is 5.92 Å². The van der Waals surface area contributed by atoms with Gasteiger partial charge in [0.1, 0.15) is 0 Å². The topological polar surface area (TPSA) is 32.3 Å². The molecule has 1 aliphatic heterocycles. The van der Waals surface area contributed by atoms with E-state index in [1.165, 1.54) is 12.0 Å². The maximum Gasteiger partial charge on any atom is 0.254 e.